The minimum Gasteiger partial charge on any atom is -0.256 e. The van der Waals surface area contributed by atoms with Gasteiger partial charge >= 0.3 is 0 Å². The summed E-state index contributed by atoms with van der Waals surface area (Å²) in [6.45, 7) is 0. The zero-order chi connectivity index (χ0) is 16.4. The van der Waals surface area contributed by atoms with Gasteiger partial charge in [-0.05, 0) is 12.1 Å². The third kappa shape index (κ3) is 3.53. The first-order valence-electron chi connectivity index (χ1n) is 6.91. The van der Waals surface area contributed by atoms with E-state index in [1.165, 1.54) is 0 Å². The van der Waals surface area contributed by atoms with E-state index in [-0.39, 0.29) is 0 Å². The van der Waals surface area contributed by atoms with Crippen molar-refractivity contribution in [1.29, 1.82) is 0 Å². The van der Waals surface area contributed by atoms with E-state index < -0.39 is 0 Å². The second-order valence-corrected chi connectivity index (χ2v) is 7.11. The molecular weight excluding hydrogens is 371 g/mol. The zero-order valence-electron chi connectivity index (χ0n) is 12.3. The molecule has 0 fully saturated rings. The summed E-state index contributed by atoms with van der Waals surface area (Å²) >= 11 is 20.5. The number of aromatic nitrogens is 2. The predicted molar refractivity (Wildman–Crippen MR) is 99.7 cm³/mol. The highest BCUT2D eigenvalue weighted by molar-refractivity contribution is 7.98. The van der Waals surface area contributed by atoms with Gasteiger partial charge < -0.3 is 0 Å². The molecule has 0 N–H and O–H groups in total. The van der Waals surface area contributed by atoms with Crippen LogP contribution < -0.4 is 0 Å². The Morgan fingerprint density at radius 3 is 2.26 bits per heavy atom. The standard InChI is InChI=1S/C17H13Cl3N2S/c1-22-17(20)12(15(21-22)11-6-3-2-4-7-11)10-23-16-13(18)8-5-9-14(16)19/h2-9H,10H2,1H3. The van der Waals surface area contributed by atoms with E-state index in [9.17, 15) is 0 Å². The van der Waals surface area contributed by atoms with E-state index in [4.69, 9.17) is 34.8 Å². The molecule has 0 saturated carbocycles. The van der Waals surface area contributed by atoms with E-state index in [1.807, 2.05) is 55.6 Å². The quantitative estimate of drug-likeness (QED) is 0.489. The van der Waals surface area contributed by atoms with E-state index >= 15 is 0 Å². The Hall–Kier alpha value is -1.13. The fourth-order valence-electron chi connectivity index (χ4n) is 2.27. The van der Waals surface area contributed by atoms with Crippen LogP contribution in [-0.2, 0) is 12.8 Å². The van der Waals surface area contributed by atoms with Gasteiger partial charge in [0.1, 0.15) is 5.15 Å². The summed E-state index contributed by atoms with van der Waals surface area (Å²) in [5.41, 5.74) is 2.89. The average Bonchev–Trinajstić information content (AvgIpc) is 2.83. The summed E-state index contributed by atoms with van der Waals surface area (Å²) in [4.78, 5) is 0.856. The largest absolute Gasteiger partial charge is 0.256 e. The van der Waals surface area contributed by atoms with Gasteiger partial charge in [0.2, 0.25) is 0 Å². The summed E-state index contributed by atoms with van der Waals surface area (Å²) in [6, 6.07) is 15.5. The van der Waals surface area contributed by atoms with Crippen LogP contribution in [0.25, 0.3) is 11.3 Å². The summed E-state index contributed by atoms with van der Waals surface area (Å²) in [6.07, 6.45) is 0. The van der Waals surface area contributed by atoms with Gasteiger partial charge in [-0.25, -0.2) is 0 Å². The van der Waals surface area contributed by atoms with E-state index in [1.54, 1.807) is 16.4 Å². The molecule has 2 nitrogen and oxygen atoms in total. The smallest absolute Gasteiger partial charge is 0.131 e. The lowest BCUT2D eigenvalue weighted by Crippen LogP contribution is -1.89. The molecule has 118 valence electrons. The number of rotatable bonds is 4. The van der Waals surface area contributed by atoms with Gasteiger partial charge in [0.15, 0.2) is 0 Å². The number of benzene rings is 2. The van der Waals surface area contributed by atoms with Crippen molar-refractivity contribution in [3.8, 4) is 11.3 Å². The van der Waals surface area contributed by atoms with E-state index in [2.05, 4.69) is 5.10 Å². The zero-order valence-corrected chi connectivity index (χ0v) is 15.3. The van der Waals surface area contributed by atoms with Crippen molar-refractivity contribution in [2.45, 2.75) is 10.6 Å². The van der Waals surface area contributed by atoms with Gasteiger partial charge in [-0.3, -0.25) is 4.68 Å². The Bertz CT molecular complexity index is 811. The van der Waals surface area contributed by atoms with Gasteiger partial charge in [-0.15, -0.1) is 11.8 Å². The Balaban J connectivity index is 1.94. The third-order valence-electron chi connectivity index (χ3n) is 3.40. The molecule has 0 aliphatic heterocycles. The van der Waals surface area contributed by atoms with E-state index in [0.717, 1.165) is 21.7 Å². The van der Waals surface area contributed by atoms with Gasteiger partial charge in [0.25, 0.3) is 0 Å². The molecule has 0 unspecified atom stereocenters. The summed E-state index contributed by atoms with van der Waals surface area (Å²) < 4.78 is 1.69. The molecule has 0 spiro atoms. The van der Waals surface area contributed by atoms with Gasteiger partial charge in [0, 0.05) is 28.8 Å². The number of halogens is 3. The lowest BCUT2D eigenvalue weighted by atomic mass is 10.1. The predicted octanol–water partition coefficient (Wildman–Crippen LogP) is 6.34. The fourth-order valence-corrected chi connectivity index (χ4v) is 4.24. The van der Waals surface area contributed by atoms with Crippen LogP contribution in [0.4, 0.5) is 0 Å². The second kappa shape index (κ2) is 7.18. The SMILES string of the molecule is Cn1nc(-c2ccccc2)c(CSc2c(Cl)cccc2Cl)c1Cl. The van der Waals surface area contributed by atoms with Crippen LogP contribution in [0.5, 0.6) is 0 Å². The molecule has 1 heterocycles. The third-order valence-corrected chi connectivity index (χ3v) is 5.88. The van der Waals surface area contributed by atoms with Crippen LogP contribution in [0.15, 0.2) is 53.4 Å². The highest BCUT2D eigenvalue weighted by atomic mass is 35.5. The molecule has 0 amide bonds. The highest BCUT2D eigenvalue weighted by Gasteiger charge is 2.17. The lowest BCUT2D eigenvalue weighted by molar-refractivity contribution is 0.771. The molecule has 3 aromatic rings. The van der Waals surface area contributed by atoms with Crippen molar-refractivity contribution >= 4 is 46.6 Å². The average molecular weight is 384 g/mol. The number of hydrogen-bond acceptors (Lipinski definition) is 2. The summed E-state index contributed by atoms with van der Waals surface area (Å²) in [5.74, 6) is 0.639. The van der Waals surface area contributed by atoms with Crippen LogP contribution >= 0.6 is 46.6 Å². The highest BCUT2D eigenvalue weighted by Crippen LogP contribution is 2.39. The van der Waals surface area contributed by atoms with Crippen molar-refractivity contribution in [3.63, 3.8) is 0 Å². The molecule has 0 bridgehead atoms. The van der Waals surface area contributed by atoms with Crippen LogP contribution in [0, 0.1) is 0 Å². The maximum atomic E-state index is 6.43. The Kier molecular flexibility index (Phi) is 5.22. The van der Waals surface area contributed by atoms with Crippen LogP contribution in [0.1, 0.15) is 5.56 Å². The minimum absolute atomic E-state index is 0.625. The first-order valence-corrected chi connectivity index (χ1v) is 9.03. The molecule has 0 atom stereocenters. The molecule has 1 aromatic heterocycles. The maximum Gasteiger partial charge on any atom is 0.131 e. The summed E-state index contributed by atoms with van der Waals surface area (Å²) in [7, 11) is 1.84. The topological polar surface area (TPSA) is 17.8 Å². The first-order chi connectivity index (χ1) is 11.1. The maximum absolute atomic E-state index is 6.43. The monoisotopic (exact) mass is 382 g/mol. The van der Waals surface area contributed by atoms with Crippen molar-refractivity contribution in [3.05, 3.63) is 69.3 Å². The molecule has 3 rings (SSSR count). The lowest BCUT2D eigenvalue weighted by Gasteiger charge is -2.07. The van der Waals surface area contributed by atoms with Crippen molar-refractivity contribution in [1.82, 2.24) is 9.78 Å². The van der Waals surface area contributed by atoms with Crippen LogP contribution in [0.2, 0.25) is 15.2 Å². The normalized spacial score (nSPS) is 11.0. The second-order valence-electron chi connectivity index (χ2n) is 4.95. The number of thioether (sulfide) groups is 1. The van der Waals surface area contributed by atoms with Crippen LogP contribution in [-0.4, -0.2) is 9.78 Å². The first kappa shape index (κ1) is 16.7. The molecule has 23 heavy (non-hydrogen) atoms. The molecule has 0 aliphatic rings. The molecule has 0 radical (unpaired) electrons. The van der Waals surface area contributed by atoms with Gasteiger partial charge in [-0.2, -0.15) is 5.10 Å². The number of hydrogen-bond donors (Lipinski definition) is 0. The summed E-state index contributed by atoms with van der Waals surface area (Å²) in [5, 5.41) is 6.45. The van der Waals surface area contributed by atoms with Crippen molar-refractivity contribution in [2.75, 3.05) is 0 Å². The van der Waals surface area contributed by atoms with Crippen molar-refractivity contribution in [2.24, 2.45) is 7.05 Å². The van der Waals surface area contributed by atoms with Gasteiger partial charge in [-0.1, -0.05) is 71.2 Å². The van der Waals surface area contributed by atoms with E-state index in [0.29, 0.717) is 21.0 Å². The molecular formula is C17H13Cl3N2S. The molecule has 0 saturated heterocycles. The molecule has 6 heteroatoms. The Morgan fingerprint density at radius 2 is 1.61 bits per heavy atom. The van der Waals surface area contributed by atoms with Crippen molar-refractivity contribution < 1.29 is 0 Å². The Morgan fingerprint density at radius 1 is 0.957 bits per heavy atom. The fraction of sp³-hybridized carbons (Fsp3) is 0.118. The minimum atomic E-state index is 0.625. The van der Waals surface area contributed by atoms with Gasteiger partial charge in [0.05, 0.1) is 15.7 Å². The Labute approximate surface area is 154 Å². The number of nitrogens with zero attached hydrogens (tertiary/aromatic N) is 2. The molecule has 0 aliphatic carbocycles. The number of aryl methyl sites for hydroxylation is 1. The molecule has 2 aromatic carbocycles. The van der Waals surface area contributed by atoms with Crippen LogP contribution in [0.3, 0.4) is 0 Å².